The van der Waals surface area contributed by atoms with E-state index < -0.39 is 12.0 Å². The van der Waals surface area contributed by atoms with Crippen molar-refractivity contribution in [1.29, 1.82) is 0 Å². The molecule has 4 rings (SSSR count). The number of nitrogens with one attached hydrogen (secondary N) is 1. The van der Waals surface area contributed by atoms with Gasteiger partial charge in [-0.25, -0.2) is 4.98 Å². The van der Waals surface area contributed by atoms with Crippen LogP contribution in [0.1, 0.15) is 46.4 Å². The first-order valence-corrected chi connectivity index (χ1v) is 11.6. The number of nitrogens with two attached hydrogens (primary N) is 1. The lowest BCUT2D eigenvalue weighted by Gasteiger charge is -2.19. The largest absolute Gasteiger partial charge is 0.491 e. The van der Waals surface area contributed by atoms with Gasteiger partial charge in [-0.3, -0.25) is 14.4 Å². The standard InChI is InChI=1S/C26H28N4O5/c27-24-22-15-21(9-7-17(22)11-12-28-24)35-16-20(8-10-23(31)32)29-25(33)18-3-5-19(6-4-18)26(34)30-13-1-2-14-30/h3-7,9,11-12,15,20H,1-2,8,10,13-14,16H2,(H2,27,28)(H,29,33)(H,31,32). The molecule has 2 heterocycles. The van der Waals surface area contributed by atoms with Gasteiger partial charge in [0.05, 0.1) is 6.04 Å². The van der Waals surface area contributed by atoms with Crippen LogP contribution >= 0.6 is 0 Å². The van der Waals surface area contributed by atoms with Crippen molar-refractivity contribution in [3.05, 3.63) is 65.9 Å². The fraction of sp³-hybridized carbons (Fsp3) is 0.308. The molecule has 9 heteroatoms. The first-order valence-electron chi connectivity index (χ1n) is 11.6. The van der Waals surface area contributed by atoms with Crippen LogP contribution in [0.25, 0.3) is 10.8 Å². The lowest BCUT2D eigenvalue weighted by molar-refractivity contribution is -0.137. The number of fused-ring (bicyclic) bond motifs is 1. The highest BCUT2D eigenvalue weighted by molar-refractivity contribution is 5.98. The van der Waals surface area contributed by atoms with Gasteiger partial charge in [-0.2, -0.15) is 0 Å². The summed E-state index contributed by atoms with van der Waals surface area (Å²) in [4.78, 5) is 42.4. The molecular formula is C26H28N4O5. The van der Waals surface area contributed by atoms with Gasteiger partial charge in [-0.1, -0.05) is 6.07 Å². The molecule has 0 bridgehead atoms. The second-order valence-corrected chi connectivity index (χ2v) is 8.57. The normalized spacial score (nSPS) is 14.0. The minimum absolute atomic E-state index is 0.0339. The van der Waals surface area contributed by atoms with E-state index in [4.69, 9.17) is 15.6 Å². The predicted molar refractivity (Wildman–Crippen MR) is 131 cm³/mol. The molecule has 182 valence electrons. The molecule has 4 N–H and O–H groups in total. The van der Waals surface area contributed by atoms with Crippen molar-refractivity contribution in [2.24, 2.45) is 0 Å². The summed E-state index contributed by atoms with van der Waals surface area (Å²) in [5, 5.41) is 13.6. The predicted octanol–water partition coefficient (Wildman–Crippen LogP) is 3.10. The Kier molecular flexibility index (Phi) is 7.45. The van der Waals surface area contributed by atoms with Crippen molar-refractivity contribution in [3.63, 3.8) is 0 Å². The zero-order valence-electron chi connectivity index (χ0n) is 19.3. The number of anilines is 1. The summed E-state index contributed by atoms with van der Waals surface area (Å²) in [6.45, 7) is 1.59. The number of nitrogens with zero attached hydrogens (tertiary/aromatic N) is 2. The number of benzene rings is 2. The maximum Gasteiger partial charge on any atom is 0.303 e. The second-order valence-electron chi connectivity index (χ2n) is 8.57. The van der Waals surface area contributed by atoms with Gasteiger partial charge in [-0.05, 0) is 67.1 Å². The fourth-order valence-electron chi connectivity index (χ4n) is 4.09. The maximum absolute atomic E-state index is 12.8. The molecule has 2 aromatic carbocycles. The summed E-state index contributed by atoms with van der Waals surface area (Å²) in [6.07, 6.45) is 3.73. The van der Waals surface area contributed by atoms with Crippen molar-refractivity contribution >= 4 is 34.4 Å². The van der Waals surface area contributed by atoms with Gasteiger partial charge in [0.1, 0.15) is 18.2 Å². The number of pyridine rings is 1. The third-order valence-electron chi connectivity index (χ3n) is 6.05. The third-order valence-corrected chi connectivity index (χ3v) is 6.05. The van der Waals surface area contributed by atoms with Crippen molar-refractivity contribution in [2.45, 2.75) is 31.7 Å². The van der Waals surface area contributed by atoms with Crippen LogP contribution in [0.4, 0.5) is 5.82 Å². The molecule has 1 unspecified atom stereocenters. The van der Waals surface area contributed by atoms with Crippen LogP contribution in [0.15, 0.2) is 54.7 Å². The SMILES string of the molecule is Nc1nccc2ccc(OCC(CCC(=O)O)NC(=O)c3ccc(C(=O)N4CCCC4)cc3)cc12. The average molecular weight is 477 g/mol. The summed E-state index contributed by atoms with van der Waals surface area (Å²) in [7, 11) is 0. The number of rotatable bonds is 9. The van der Waals surface area contributed by atoms with Crippen LogP contribution in [0, 0.1) is 0 Å². The van der Waals surface area contributed by atoms with E-state index in [2.05, 4.69) is 10.3 Å². The van der Waals surface area contributed by atoms with E-state index in [1.807, 2.05) is 17.0 Å². The molecule has 0 spiro atoms. The Morgan fingerprint density at radius 2 is 1.77 bits per heavy atom. The van der Waals surface area contributed by atoms with E-state index in [1.165, 1.54) is 0 Å². The van der Waals surface area contributed by atoms with Crippen LogP contribution in [0.2, 0.25) is 0 Å². The Morgan fingerprint density at radius 3 is 2.49 bits per heavy atom. The number of hydrogen-bond donors (Lipinski definition) is 3. The lowest BCUT2D eigenvalue weighted by Crippen LogP contribution is -2.39. The number of amides is 2. The number of aliphatic carboxylic acids is 1. The number of carbonyl (C=O) groups excluding carboxylic acids is 2. The molecule has 1 aromatic heterocycles. The Hall–Kier alpha value is -4.14. The number of nitrogen functional groups attached to an aromatic ring is 1. The summed E-state index contributed by atoms with van der Waals surface area (Å²) in [6, 6.07) is 13.2. The van der Waals surface area contributed by atoms with Gasteiger partial charge in [0.2, 0.25) is 0 Å². The number of likely N-dealkylation sites (tertiary alicyclic amines) is 1. The van der Waals surface area contributed by atoms with Crippen molar-refractivity contribution in [1.82, 2.24) is 15.2 Å². The number of hydrogen-bond acceptors (Lipinski definition) is 6. The van der Waals surface area contributed by atoms with E-state index in [9.17, 15) is 14.4 Å². The number of ether oxygens (including phenoxy) is 1. The fourth-order valence-corrected chi connectivity index (χ4v) is 4.09. The van der Waals surface area contributed by atoms with Gasteiger partial charge in [0.15, 0.2) is 0 Å². The molecule has 0 aliphatic carbocycles. The first-order chi connectivity index (χ1) is 16.9. The molecule has 0 radical (unpaired) electrons. The number of carboxylic acids is 1. The summed E-state index contributed by atoms with van der Waals surface area (Å²) >= 11 is 0. The third kappa shape index (κ3) is 6.06. The van der Waals surface area contributed by atoms with E-state index in [1.54, 1.807) is 42.6 Å². The van der Waals surface area contributed by atoms with Gasteiger partial charge >= 0.3 is 5.97 Å². The minimum Gasteiger partial charge on any atom is -0.491 e. The van der Waals surface area contributed by atoms with Crippen LogP contribution in [0.3, 0.4) is 0 Å². The quantitative estimate of drug-likeness (QED) is 0.432. The lowest BCUT2D eigenvalue weighted by atomic mass is 10.1. The Morgan fingerprint density at radius 1 is 1.06 bits per heavy atom. The topological polar surface area (TPSA) is 135 Å². The highest BCUT2D eigenvalue weighted by atomic mass is 16.5. The summed E-state index contributed by atoms with van der Waals surface area (Å²) < 4.78 is 5.87. The molecule has 2 amide bonds. The van der Waals surface area contributed by atoms with Gasteiger partial charge < -0.3 is 25.8 Å². The Labute approximate surface area is 202 Å². The Balaban J connectivity index is 1.41. The monoisotopic (exact) mass is 476 g/mol. The average Bonchev–Trinajstić information content (AvgIpc) is 3.40. The molecule has 1 saturated heterocycles. The number of carboxylic acid groups (broad SMARTS) is 1. The van der Waals surface area contributed by atoms with Crippen LogP contribution < -0.4 is 15.8 Å². The highest BCUT2D eigenvalue weighted by Crippen LogP contribution is 2.24. The van der Waals surface area contributed by atoms with E-state index in [0.717, 1.165) is 36.7 Å². The van der Waals surface area contributed by atoms with Gasteiger partial charge in [-0.15, -0.1) is 0 Å². The van der Waals surface area contributed by atoms with Gasteiger partial charge in [0, 0.05) is 42.2 Å². The zero-order valence-corrected chi connectivity index (χ0v) is 19.3. The smallest absolute Gasteiger partial charge is 0.303 e. The Bertz CT molecular complexity index is 1220. The van der Waals surface area contributed by atoms with Crippen molar-refractivity contribution in [2.75, 3.05) is 25.4 Å². The second kappa shape index (κ2) is 10.9. The molecule has 1 aliphatic heterocycles. The molecule has 1 fully saturated rings. The van der Waals surface area contributed by atoms with Crippen molar-refractivity contribution < 1.29 is 24.2 Å². The number of aromatic nitrogens is 1. The highest BCUT2D eigenvalue weighted by Gasteiger charge is 2.20. The van der Waals surface area contributed by atoms with Gasteiger partial charge in [0.25, 0.3) is 11.8 Å². The molecule has 3 aromatic rings. The molecule has 1 aliphatic rings. The van der Waals surface area contributed by atoms with Crippen LogP contribution in [0.5, 0.6) is 5.75 Å². The maximum atomic E-state index is 12.8. The first kappa shape index (κ1) is 24.0. The summed E-state index contributed by atoms with van der Waals surface area (Å²) in [5.41, 5.74) is 6.87. The number of carbonyl (C=O) groups is 3. The molecule has 9 nitrogen and oxygen atoms in total. The van der Waals surface area contributed by atoms with E-state index >= 15 is 0 Å². The molecule has 1 atom stereocenters. The molecule has 0 saturated carbocycles. The minimum atomic E-state index is -0.960. The van der Waals surface area contributed by atoms with Crippen molar-refractivity contribution in [3.8, 4) is 5.75 Å². The van der Waals surface area contributed by atoms with E-state index in [0.29, 0.717) is 22.7 Å². The van der Waals surface area contributed by atoms with E-state index in [-0.39, 0.29) is 31.3 Å². The zero-order chi connectivity index (χ0) is 24.8. The summed E-state index contributed by atoms with van der Waals surface area (Å²) in [5.74, 6) is -0.435. The van der Waals surface area contributed by atoms with Crippen LogP contribution in [-0.2, 0) is 4.79 Å². The van der Waals surface area contributed by atoms with Crippen LogP contribution in [-0.4, -0.2) is 58.5 Å². The molecular weight excluding hydrogens is 448 g/mol. The molecule has 35 heavy (non-hydrogen) atoms.